The second kappa shape index (κ2) is 6.31. The molecule has 0 spiro atoms. The molecule has 0 bridgehead atoms. The minimum absolute atomic E-state index is 0.369. The first-order chi connectivity index (χ1) is 7.24. The molecule has 0 saturated carbocycles. The molecule has 0 aliphatic heterocycles. The maximum absolute atomic E-state index is 5.79. The number of ether oxygens (including phenoxy) is 2. The third kappa shape index (κ3) is 3.24. The monoisotopic (exact) mass is 265 g/mol. The van der Waals surface area contributed by atoms with Gasteiger partial charge in [-0.2, -0.15) is 0 Å². The molecule has 1 atom stereocenters. The van der Waals surface area contributed by atoms with Crippen LogP contribution in [-0.2, 0) is 21.3 Å². The van der Waals surface area contributed by atoms with Gasteiger partial charge in [0.1, 0.15) is 0 Å². The van der Waals surface area contributed by atoms with Gasteiger partial charge in [-0.1, -0.05) is 12.5 Å². The van der Waals surface area contributed by atoms with E-state index in [-0.39, 0.29) is 0 Å². The summed E-state index contributed by atoms with van der Waals surface area (Å²) in [6.45, 7) is 7.85. The van der Waals surface area contributed by atoms with Crippen LogP contribution in [0.25, 0.3) is 0 Å². The number of allylic oxidation sites excluding steroid dienone is 1. The van der Waals surface area contributed by atoms with Crippen LogP contribution in [0.15, 0.2) is 11.1 Å². The first kappa shape index (κ1) is 13.6. The van der Waals surface area contributed by atoms with E-state index >= 15 is 0 Å². The highest BCUT2D eigenvalue weighted by Crippen LogP contribution is 2.53. The topological polar surface area (TPSA) is 18.5 Å². The zero-order valence-electron chi connectivity index (χ0n) is 9.46. The average Bonchev–Trinajstić information content (AvgIpc) is 2.98. The Morgan fingerprint density at radius 2 is 1.93 bits per heavy atom. The normalized spacial score (nSPS) is 16.2. The lowest BCUT2D eigenvalue weighted by Gasteiger charge is -2.25. The summed E-state index contributed by atoms with van der Waals surface area (Å²) in [5.41, 5.74) is 2.79. The molecule has 0 N–H and O–H groups in total. The van der Waals surface area contributed by atoms with Crippen LogP contribution in [0.2, 0.25) is 0 Å². The molecule has 0 fully saturated rings. The van der Waals surface area contributed by atoms with Crippen molar-refractivity contribution in [2.75, 3.05) is 13.2 Å². The summed E-state index contributed by atoms with van der Waals surface area (Å²) in [5, 5.41) is -0.560. The lowest BCUT2D eigenvalue weighted by Crippen LogP contribution is -2.30. The first-order valence-corrected chi connectivity index (χ1v) is 8.95. The number of hydrogen-bond donors (Lipinski definition) is 0. The zero-order chi connectivity index (χ0) is 11.3. The quantitative estimate of drug-likeness (QED) is 0.379. The fourth-order valence-electron chi connectivity index (χ4n) is 1.60. The van der Waals surface area contributed by atoms with Crippen LogP contribution >= 0.6 is 17.9 Å². The molecule has 0 amide bonds. The van der Waals surface area contributed by atoms with Crippen LogP contribution < -0.4 is 0 Å². The number of rotatable bonds is 8. The summed E-state index contributed by atoms with van der Waals surface area (Å²) in [5.74, 6) is 0. The number of hydrogen-bond acceptors (Lipinski definition) is 4. The Morgan fingerprint density at radius 1 is 1.33 bits per heavy atom. The Labute approximate surface area is 102 Å². The van der Waals surface area contributed by atoms with E-state index in [1.807, 2.05) is 13.8 Å². The van der Waals surface area contributed by atoms with Gasteiger partial charge in [0.25, 0.3) is 5.12 Å². The van der Waals surface area contributed by atoms with Gasteiger partial charge in [0.2, 0.25) is 6.56 Å². The Bertz CT molecular complexity index is 260. The van der Waals surface area contributed by atoms with Gasteiger partial charge >= 0.3 is 0 Å². The highest BCUT2D eigenvalue weighted by molar-refractivity contribution is 8.58. The summed E-state index contributed by atoms with van der Waals surface area (Å²) < 4.78 is 11.6. The molecule has 0 radical (unpaired) electrons. The Morgan fingerprint density at radius 3 is 2.27 bits per heavy atom. The van der Waals surface area contributed by atoms with Gasteiger partial charge in [0.05, 0.1) is 0 Å². The van der Waals surface area contributed by atoms with Crippen molar-refractivity contribution < 1.29 is 9.47 Å². The molecule has 5 heteroatoms. The van der Waals surface area contributed by atoms with Gasteiger partial charge in [-0.15, -0.1) is 0 Å². The molecule has 0 heterocycles. The molecular weight excluding hydrogens is 247 g/mol. The van der Waals surface area contributed by atoms with Gasteiger partial charge in [-0.25, -0.2) is 0 Å². The van der Waals surface area contributed by atoms with Crippen LogP contribution in [-0.4, -0.2) is 18.3 Å². The Balaban J connectivity index is 2.82. The predicted molar refractivity (Wildman–Crippen MR) is 71.2 cm³/mol. The summed E-state index contributed by atoms with van der Waals surface area (Å²) in [6, 6.07) is 0. The van der Waals surface area contributed by atoms with E-state index in [0.29, 0.717) is 19.8 Å². The molecule has 15 heavy (non-hydrogen) atoms. The minimum Gasteiger partial charge on any atom is -0.335 e. The second-order valence-corrected chi connectivity index (χ2v) is 6.74. The highest BCUT2D eigenvalue weighted by atomic mass is 32.9. The molecule has 1 unspecified atom stereocenters. The summed E-state index contributed by atoms with van der Waals surface area (Å²) in [7, 11) is 0. The molecule has 0 aromatic rings. The van der Waals surface area contributed by atoms with Crippen LogP contribution in [0, 0.1) is 0 Å². The van der Waals surface area contributed by atoms with Crippen LogP contribution in [0.3, 0.4) is 0 Å². The van der Waals surface area contributed by atoms with Crippen molar-refractivity contribution in [1.29, 1.82) is 0 Å². The SMILES string of the molecule is CCOC(OCC)(S[PH+]=S)C1=C(CC)C1. The van der Waals surface area contributed by atoms with Gasteiger partial charge in [-0.3, -0.25) is 0 Å². The second-order valence-electron chi connectivity index (χ2n) is 3.22. The van der Waals surface area contributed by atoms with Crippen molar-refractivity contribution in [3.8, 4) is 0 Å². The van der Waals surface area contributed by atoms with E-state index in [1.165, 1.54) is 11.1 Å². The molecule has 86 valence electrons. The van der Waals surface area contributed by atoms with Crippen molar-refractivity contribution in [3.63, 3.8) is 0 Å². The van der Waals surface area contributed by atoms with Crippen LogP contribution in [0.4, 0.5) is 0 Å². The smallest absolute Gasteiger partial charge is 0.287 e. The van der Waals surface area contributed by atoms with Crippen molar-refractivity contribution >= 4 is 29.7 Å². The summed E-state index contributed by atoms with van der Waals surface area (Å²) >= 11 is 6.66. The molecule has 2 nitrogen and oxygen atoms in total. The van der Waals surface area contributed by atoms with E-state index < -0.39 is 5.12 Å². The van der Waals surface area contributed by atoms with E-state index in [1.54, 1.807) is 11.4 Å². The first-order valence-electron chi connectivity index (χ1n) is 5.28. The lowest BCUT2D eigenvalue weighted by molar-refractivity contribution is -0.136. The van der Waals surface area contributed by atoms with Crippen molar-refractivity contribution in [1.82, 2.24) is 0 Å². The molecule has 0 saturated heterocycles. The van der Waals surface area contributed by atoms with Crippen molar-refractivity contribution in [3.05, 3.63) is 11.1 Å². The fraction of sp³-hybridized carbons (Fsp3) is 0.800. The van der Waals surface area contributed by atoms with Crippen LogP contribution in [0.5, 0.6) is 0 Å². The third-order valence-electron chi connectivity index (χ3n) is 2.33. The maximum Gasteiger partial charge on any atom is 0.287 e. The largest absolute Gasteiger partial charge is 0.335 e. The van der Waals surface area contributed by atoms with E-state index in [9.17, 15) is 0 Å². The lowest BCUT2D eigenvalue weighted by atomic mass is 10.4. The summed E-state index contributed by atoms with van der Waals surface area (Å²) in [6.07, 6.45) is 2.15. The van der Waals surface area contributed by atoms with E-state index in [2.05, 4.69) is 6.92 Å². The molecule has 1 aliphatic carbocycles. The van der Waals surface area contributed by atoms with E-state index in [4.69, 9.17) is 21.3 Å². The molecule has 0 aromatic carbocycles. The van der Waals surface area contributed by atoms with Gasteiger partial charge in [-0.05, 0) is 26.7 Å². The van der Waals surface area contributed by atoms with Gasteiger partial charge in [0, 0.05) is 18.8 Å². The van der Waals surface area contributed by atoms with E-state index in [0.717, 1.165) is 12.8 Å². The molecule has 1 rings (SSSR count). The molecule has 1 aliphatic rings. The Kier molecular flexibility index (Phi) is 5.72. The van der Waals surface area contributed by atoms with Gasteiger partial charge in [0.15, 0.2) is 23.2 Å². The van der Waals surface area contributed by atoms with Gasteiger partial charge < -0.3 is 9.47 Å². The zero-order valence-corrected chi connectivity index (χ0v) is 12.1. The maximum atomic E-state index is 5.79. The predicted octanol–water partition coefficient (Wildman–Crippen LogP) is 3.61. The molecular formula is C10H18O2PS2+. The molecule has 0 aromatic heterocycles. The fourth-order valence-corrected chi connectivity index (χ4v) is 4.45. The average molecular weight is 265 g/mol. The third-order valence-corrected chi connectivity index (χ3v) is 4.97. The summed E-state index contributed by atoms with van der Waals surface area (Å²) in [4.78, 5) is 0. The minimum atomic E-state index is -0.560. The van der Waals surface area contributed by atoms with Crippen molar-refractivity contribution in [2.45, 2.75) is 38.7 Å². The Hall–Kier alpha value is 0.530. The standard InChI is InChI=1S/C10H17O2PS2/c1-4-8-7-9(8)10(11-5-2,12-6-3)15-13-14/h4-7H2,1-3H3/p+1. The highest BCUT2D eigenvalue weighted by Gasteiger charge is 2.48. The van der Waals surface area contributed by atoms with Crippen molar-refractivity contribution in [2.24, 2.45) is 0 Å². The van der Waals surface area contributed by atoms with Crippen LogP contribution in [0.1, 0.15) is 33.6 Å².